The number of hydrogen-bond donors (Lipinski definition) is 1. The van der Waals surface area contributed by atoms with E-state index in [1.165, 1.54) is 0 Å². The maximum Gasteiger partial charge on any atom is 0.327 e. The van der Waals surface area contributed by atoms with Crippen molar-refractivity contribution in [2.75, 3.05) is 6.61 Å². The summed E-state index contributed by atoms with van der Waals surface area (Å²) in [6.45, 7) is 6.36. The summed E-state index contributed by atoms with van der Waals surface area (Å²) in [4.78, 5) is 12.0. The second-order valence-electron chi connectivity index (χ2n) is 4.21. The van der Waals surface area contributed by atoms with E-state index in [2.05, 4.69) is 35.1 Å². The molecule has 0 radical (unpaired) electrons. The Hall–Kier alpha value is -0.870. The van der Waals surface area contributed by atoms with Gasteiger partial charge in [0.2, 0.25) is 0 Å². The van der Waals surface area contributed by atoms with Crippen LogP contribution in [0.5, 0.6) is 0 Å². The molecule has 2 unspecified atom stereocenters. The average Bonchev–Trinajstić information content (AvgIpc) is 2.37. The van der Waals surface area contributed by atoms with Crippen LogP contribution >= 0.6 is 15.9 Å². The van der Waals surface area contributed by atoms with Gasteiger partial charge >= 0.3 is 5.97 Å². The Balaban J connectivity index is 2.88. The molecule has 4 heteroatoms. The summed E-state index contributed by atoms with van der Waals surface area (Å²) in [5, 5.41) is 3.30. The molecule has 1 aromatic carbocycles. The van der Waals surface area contributed by atoms with Crippen LogP contribution in [-0.4, -0.2) is 18.6 Å². The smallest absolute Gasteiger partial charge is 0.327 e. The van der Waals surface area contributed by atoms with E-state index in [9.17, 15) is 4.79 Å². The minimum Gasteiger partial charge on any atom is -0.465 e. The van der Waals surface area contributed by atoms with Gasteiger partial charge in [-0.2, -0.15) is 0 Å². The summed E-state index contributed by atoms with van der Waals surface area (Å²) in [6.07, 6.45) is 0.965. The van der Waals surface area contributed by atoms with Crippen molar-refractivity contribution >= 4 is 21.9 Å². The van der Waals surface area contributed by atoms with Crippen LogP contribution in [0.1, 0.15) is 38.8 Å². The molecule has 0 bridgehead atoms. The van der Waals surface area contributed by atoms with Crippen molar-refractivity contribution in [2.24, 2.45) is 0 Å². The quantitative estimate of drug-likeness (QED) is 0.818. The summed E-state index contributed by atoms with van der Waals surface area (Å²) in [6, 6.07) is 7.60. The molecule has 0 spiro atoms. The Bertz CT molecular complexity index is 378. The number of nitrogens with one attached hydrogen (secondary N) is 1. The van der Waals surface area contributed by atoms with Crippen LogP contribution in [0.4, 0.5) is 0 Å². The second-order valence-corrected chi connectivity index (χ2v) is 5.13. The maximum absolute atomic E-state index is 12.0. The molecule has 0 amide bonds. The number of esters is 1. The normalized spacial score (nSPS) is 14.0. The molecule has 0 heterocycles. The third-order valence-electron chi connectivity index (χ3n) is 2.79. The standard InChI is InChI=1S/C14H20BrNO2/c1-4-10(3)16-13(14(17)18-5-2)11-6-8-12(15)9-7-11/h6-10,13,16H,4-5H2,1-3H3. The van der Waals surface area contributed by atoms with Crippen LogP contribution in [0.25, 0.3) is 0 Å². The predicted molar refractivity (Wildman–Crippen MR) is 76.4 cm³/mol. The Kier molecular flexibility index (Phi) is 6.36. The SMILES string of the molecule is CCOC(=O)C(NC(C)CC)c1ccc(Br)cc1. The van der Waals surface area contributed by atoms with Crippen molar-refractivity contribution in [2.45, 2.75) is 39.3 Å². The van der Waals surface area contributed by atoms with Crippen LogP contribution in [0.15, 0.2) is 28.7 Å². The van der Waals surface area contributed by atoms with E-state index in [0.29, 0.717) is 6.61 Å². The number of hydrogen-bond acceptors (Lipinski definition) is 3. The maximum atomic E-state index is 12.0. The topological polar surface area (TPSA) is 38.3 Å². The number of carbonyl (C=O) groups excluding carboxylic acids is 1. The van der Waals surface area contributed by atoms with E-state index in [0.717, 1.165) is 16.5 Å². The highest BCUT2D eigenvalue weighted by atomic mass is 79.9. The van der Waals surface area contributed by atoms with Crippen molar-refractivity contribution in [3.63, 3.8) is 0 Å². The van der Waals surface area contributed by atoms with Crippen LogP contribution < -0.4 is 5.32 Å². The summed E-state index contributed by atoms with van der Waals surface area (Å²) >= 11 is 3.39. The minimum atomic E-state index is -0.395. The predicted octanol–water partition coefficient (Wildman–Crippen LogP) is 3.44. The van der Waals surface area contributed by atoms with Gasteiger partial charge in [-0.25, -0.2) is 4.79 Å². The van der Waals surface area contributed by atoms with Crippen molar-refractivity contribution < 1.29 is 9.53 Å². The zero-order valence-electron chi connectivity index (χ0n) is 11.1. The van der Waals surface area contributed by atoms with Gasteiger partial charge in [0.1, 0.15) is 6.04 Å². The Morgan fingerprint density at radius 3 is 2.44 bits per heavy atom. The second kappa shape index (κ2) is 7.54. The lowest BCUT2D eigenvalue weighted by Crippen LogP contribution is -2.36. The van der Waals surface area contributed by atoms with Crippen LogP contribution in [-0.2, 0) is 9.53 Å². The first-order chi connectivity index (χ1) is 8.58. The summed E-state index contributed by atoms with van der Waals surface area (Å²) in [7, 11) is 0. The average molecular weight is 314 g/mol. The molecule has 0 aliphatic rings. The van der Waals surface area contributed by atoms with Gasteiger partial charge in [-0.3, -0.25) is 5.32 Å². The highest BCUT2D eigenvalue weighted by molar-refractivity contribution is 9.10. The van der Waals surface area contributed by atoms with Crippen molar-refractivity contribution in [3.05, 3.63) is 34.3 Å². The van der Waals surface area contributed by atoms with Gasteiger partial charge in [0.25, 0.3) is 0 Å². The van der Waals surface area contributed by atoms with Gasteiger partial charge in [0.15, 0.2) is 0 Å². The highest BCUT2D eigenvalue weighted by Gasteiger charge is 2.22. The van der Waals surface area contributed by atoms with E-state index in [1.807, 2.05) is 31.2 Å². The van der Waals surface area contributed by atoms with Gasteiger partial charge in [-0.05, 0) is 38.0 Å². The molecule has 2 atom stereocenters. The Labute approximate surface area is 117 Å². The van der Waals surface area contributed by atoms with Crippen LogP contribution in [0.2, 0.25) is 0 Å². The van der Waals surface area contributed by atoms with Gasteiger partial charge in [-0.1, -0.05) is 35.0 Å². The first-order valence-electron chi connectivity index (χ1n) is 6.26. The largest absolute Gasteiger partial charge is 0.465 e. The number of benzene rings is 1. The monoisotopic (exact) mass is 313 g/mol. The van der Waals surface area contributed by atoms with E-state index in [-0.39, 0.29) is 12.0 Å². The first kappa shape index (κ1) is 15.2. The highest BCUT2D eigenvalue weighted by Crippen LogP contribution is 2.19. The molecule has 0 aromatic heterocycles. The Morgan fingerprint density at radius 1 is 1.33 bits per heavy atom. The third-order valence-corrected chi connectivity index (χ3v) is 3.32. The molecule has 0 fully saturated rings. The molecule has 3 nitrogen and oxygen atoms in total. The molecule has 0 aliphatic heterocycles. The number of carbonyl (C=O) groups is 1. The minimum absolute atomic E-state index is 0.222. The fraction of sp³-hybridized carbons (Fsp3) is 0.500. The lowest BCUT2D eigenvalue weighted by Gasteiger charge is -2.21. The van der Waals surface area contributed by atoms with Crippen LogP contribution in [0.3, 0.4) is 0 Å². The molecular formula is C14H20BrNO2. The summed E-state index contributed by atoms with van der Waals surface area (Å²) in [5.41, 5.74) is 0.928. The van der Waals surface area contributed by atoms with Gasteiger partial charge < -0.3 is 4.74 Å². The number of ether oxygens (including phenoxy) is 1. The molecular weight excluding hydrogens is 294 g/mol. The molecule has 100 valence electrons. The lowest BCUT2D eigenvalue weighted by molar-refractivity contribution is -0.146. The Morgan fingerprint density at radius 2 is 1.94 bits per heavy atom. The number of rotatable bonds is 6. The summed E-state index contributed by atoms with van der Waals surface area (Å²) in [5.74, 6) is -0.222. The van der Waals surface area contributed by atoms with Crippen molar-refractivity contribution in [3.8, 4) is 0 Å². The molecule has 0 aliphatic carbocycles. The number of halogens is 1. The zero-order valence-corrected chi connectivity index (χ0v) is 12.7. The fourth-order valence-corrected chi connectivity index (χ4v) is 1.85. The first-order valence-corrected chi connectivity index (χ1v) is 7.05. The molecule has 0 saturated heterocycles. The lowest BCUT2D eigenvalue weighted by atomic mass is 10.1. The van der Waals surface area contributed by atoms with E-state index >= 15 is 0 Å². The zero-order chi connectivity index (χ0) is 13.5. The van der Waals surface area contributed by atoms with E-state index < -0.39 is 6.04 Å². The van der Waals surface area contributed by atoms with Crippen molar-refractivity contribution in [1.29, 1.82) is 0 Å². The van der Waals surface area contributed by atoms with Crippen LogP contribution in [0, 0.1) is 0 Å². The molecule has 1 N–H and O–H groups in total. The van der Waals surface area contributed by atoms with Gasteiger partial charge in [0.05, 0.1) is 6.61 Å². The van der Waals surface area contributed by atoms with Gasteiger partial charge in [0, 0.05) is 10.5 Å². The third kappa shape index (κ3) is 4.42. The fourth-order valence-electron chi connectivity index (χ4n) is 1.58. The molecule has 1 rings (SSSR count). The molecule has 18 heavy (non-hydrogen) atoms. The van der Waals surface area contributed by atoms with E-state index in [4.69, 9.17) is 4.74 Å². The molecule has 1 aromatic rings. The molecule has 0 saturated carbocycles. The summed E-state index contributed by atoms with van der Waals surface area (Å²) < 4.78 is 6.12. The van der Waals surface area contributed by atoms with E-state index in [1.54, 1.807) is 0 Å². The van der Waals surface area contributed by atoms with Gasteiger partial charge in [-0.15, -0.1) is 0 Å². The van der Waals surface area contributed by atoms with Crippen molar-refractivity contribution in [1.82, 2.24) is 5.32 Å².